The van der Waals surface area contributed by atoms with Crippen LogP contribution in [0.15, 0.2) is 48.5 Å². The van der Waals surface area contributed by atoms with Crippen LogP contribution in [0.3, 0.4) is 0 Å². The Bertz CT molecular complexity index is 1090. The van der Waals surface area contributed by atoms with Gasteiger partial charge in [0.25, 0.3) is 12.3 Å². The fraction of sp³-hybridized carbons (Fsp3) is 0.375. The lowest BCUT2D eigenvalue weighted by Crippen LogP contribution is -2.48. The summed E-state index contributed by atoms with van der Waals surface area (Å²) in [5.41, 5.74) is 2.74. The number of para-hydroxylation sites is 1. The fourth-order valence-corrected chi connectivity index (χ4v) is 4.11. The number of nitrogens with zero attached hydrogens (tertiary/aromatic N) is 3. The van der Waals surface area contributed by atoms with Crippen LogP contribution < -0.4 is 9.47 Å². The van der Waals surface area contributed by atoms with Gasteiger partial charge >= 0.3 is 0 Å². The summed E-state index contributed by atoms with van der Waals surface area (Å²) in [7, 11) is 3.42. The summed E-state index contributed by atoms with van der Waals surface area (Å²) in [6, 6.07) is 15.3. The molecule has 1 aliphatic rings. The van der Waals surface area contributed by atoms with Crippen molar-refractivity contribution in [3.8, 4) is 11.5 Å². The first-order valence-corrected chi connectivity index (χ1v) is 10.6. The third-order valence-corrected chi connectivity index (χ3v) is 5.83. The van der Waals surface area contributed by atoms with E-state index in [9.17, 15) is 13.6 Å². The Morgan fingerprint density at radius 3 is 2.47 bits per heavy atom. The van der Waals surface area contributed by atoms with E-state index in [0.717, 1.165) is 29.6 Å². The molecular formula is C24H27F2N3O3. The van der Waals surface area contributed by atoms with Crippen molar-refractivity contribution in [3.63, 3.8) is 0 Å². The summed E-state index contributed by atoms with van der Waals surface area (Å²) < 4.78 is 37.2. The smallest absolute Gasteiger partial charge is 0.272 e. The Morgan fingerprint density at radius 2 is 1.78 bits per heavy atom. The van der Waals surface area contributed by atoms with Gasteiger partial charge in [-0.3, -0.25) is 9.69 Å². The number of carbonyl (C=O) groups is 1. The van der Waals surface area contributed by atoms with Gasteiger partial charge < -0.3 is 18.9 Å². The Labute approximate surface area is 185 Å². The Balaban J connectivity index is 1.36. The summed E-state index contributed by atoms with van der Waals surface area (Å²) >= 11 is 0. The SMILES string of the molecule is COc1cc(CN2CCN(C(=O)c3cc4ccccc4n3C)CC2)ccc1OCC(F)F. The van der Waals surface area contributed by atoms with Gasteiger partial charge in [-0.25, -0.2) is 8.78 Å². The number of aromatic nitrogens is 1. The third-order valence-electron chi connectivity index (χ3n) is 5.83. The Kier molecular flexibility index (Phi) is 6.60. The molecule has 2 heterocycles. The Morgan fingerprint density at radius 1 is 1.03 bits per heavy atom. The zero-order valence-electron chi connectivity index (χ0n) is 18.3. The lowest BCUT2D eigenvalue weighted by Gasteiger charge is -2.34. The lowest BCUT2D eigenvalue weighted by molar-refractivity contribution is 0.0619. The van der Waals surface area contributed by atoms with Gasteiger partial charge in [0.1, 0.15) is 12.3 Å². The zero-order valence-corrected chi connectivity index (χ0v) is 18.3. The molecule has 1 amide bonds. The molecule has 1 fully saturated rings. The van der Waals surface area contributed by atoms with Gasteiger partial charge in [0.2, 0.25) is 0 Å². The van der Waals surface area contributed by atoms with Crippen molar-refractivity contribution in [3.05, 3.63) is 59.8 Å². The molecule has 0 saturated carbocycles. The van der Waals surface area contributed by atoms with Crippen LogP contribution in [0.25, 0.3) is 10.9 Å². The first-order valence-electron chi connectivity index (χ1n) is 10.6. The molecule has 1 aliphatic heterocycles. The number of rotatable bonds is 7. The molecule has 6 nitrogen and oxygen atoms in total. The number of amides is 1. The predicted molar refractivity (Wildman–Crippen MR) is 119 cm³/mol. The second-order valence-corrected chi connectivity index (χ2v) is 7.90. The largest absolute Gasteiger partial charge is 0.493 e. The van der Waals surface area contributed by atoms with E-state index in [-0.39, 0.29) is 5.91 Å². The molecule has 170 valence electrons. The maximum Gasteiger partial charge on any atom is 0.272 e. The van der Waals surface area contributed by atoms with Crippen LogP contribution >= 0.6 is 0 Å². The fourth-order valence-electron chi connectivity index (χ4n) is 4.11. The van der Waals surface area contributed by atoms with Crippen LogP contribution in [0.2, 0.25) is 0 Å². The molecule has 4 rings (SSSR count). The van der Waals surface area contributed by atoms with E-state index < -0.39 is 13.0 Å². The Hall–Kier alpha value is -3.13. The molecule has 0 unspecified atom stereocenters. The maximum absolute atomic E-state index is 13.1. The second kappa shape index (κ2) is 9.56. The van der Waals surface area contributed by atoms with E-state index in [1.165, 1.54) is 7.11 Å². The summed E-state index contributed by atoms with van der Waals surface area (Å²) in [6.07, 6.45) is -2.53. The van der Waals surface area contributed by atoms with E-state index in [2.05, 4.69) is 4.90 Å². The van der Waals surface area contributed by atoms with Crippen molar-refractivity contribution >= 4 is 16.8 Å². The molecule has 0 bridgehead atoms. The highest BCUT2D eigenvalue weighted by atomic mass is 19.3. The minimum absolute atomic E-state index is 0.0468. The highest BCUT2D eigenvalue weighted by Crippen LogP contribution is 2.29. The van der Waals surface area contributed by atoms with Gasteiger partial charge in [-0.05, 0) is 29.8 Å². The second-order valence-electron chi connectivity index (χ2n) is 7.90. The van der Waals surface area contributed by atoms with Crippen LogP contribution in [0.4, 0.5) is 8.78 Å². The number of methoxy groups -OCH3 is 1. The summed E-state index contributed by atoms with van der Waals surface area (Å²) in [4.78, 5) is 17.2. The maximum atomic E-state index is 13.1. The van der Waals surface area contributed by atoms with E-state index in [4.69, 9.17) is 9.47 Å². The highest BCUT2D eigenvalue weighted by molar-refractivity contribution is 5.98. The molecule has 2 aromatic carbocycles. The van der Waals surface area contributed by atoms with Crippen molar-refractivity contribution in [2.45, 2.75) is 13.0 Å². The average Bonchev–Trinajstić information content (AvgIpc) is 3.14. The number of hydrogen-bond donors (Lipinski definition) is 0. The average molecular weight is 443 g/mol. The monoisotopic (exact) mass is 443 g/mol. The molecule has 1 saturated heterocycles. The van der Waals surface area contributed by atoms with Gasteiger partial charge in [0, 0.05) is 50.7 Å². The quantitative estimate of drug-likeness (QED) is 0.558. The normalized spacial score (nSPS) is 14.8. The molecular weight excluding hydrogens is 416 g/mol. The molecule has 8 heteroatoms. The summed E-state index contributed by atoms with van der Waals surface area (Å²) in [5.74, 6) is 0.792. The highest BCUT2D eigenvalue weighted by Gasteiger charge is 2.24. The third kappa shape index (κ3) is 4.70. The van der Waals surface area contributed by atoms with Gasteiger partial charge in [-0.15, -0.1) is 0 Å². The summed E-state index contributed by atoms with van der Waals surface area (Å²) in [6.45, 7) is 2.81. The first kappa shape index (κ1) is 22.1. The van der Waals surface area contributed by atoms with Gasteiger partial charge in [0.15, 0.2) is 11.5 Å². The van der Waals surface area contributed by atoms with Crippen molar-refractivity contribution in [2.24, 2.45) is 7.05 Å². The molecule has 0 atom stereocenters. The van der Waals surface area contributed by atoms with Crippen LogP contribution in [-0.2, 0) is 13.6 Å². The molecule has 0 radical (unpaired) electrons. The zero-order chi connectivity index (χ0) is 22.7. The number of aryl methyl sites for hydroxylation is 1. The van der Waals surface area contributed by atoms with E-state index in [1.807, 2.05) is 59.0 Å². The number of alkyl halides is 2. The number of ether oxygens (including phenoxy) is 2. The number of fused-ring (bicyclic) bond motifs is 1. The van der Waals surface area contributed by atoms with Crippen LogP contribution in [-0.4, -0.2) is 66.6 Å². The van der Waals surface area contributed by atoms with Crippen molar-refractivity contribution in [1.29, 1.82) is 0 Å². The summed E-state index contributed by atoms with van der Waals surface area (Å²) in [5, 5.41) is 1.06. The van der Waals surface area contributed by atoms with Crippen molar-refractivity contribution in [1.82, 2.24) is 14.4 Å². The molecule has 0 aliphatic carbocycles. The van der Waals surface area contributed by atoms with Gasteiger partial charge in [0.05, 0.1) is 7.11 Å². The van der Waals surface area contributed by atoms with Crippen LogP contribution in [0.5, 0.6) is 11.5 Å². The van der Waals surface area contributed by atoms with E-state index >= 15 is 0 Å². The first-order chi connectivity index (χ1) is 15.5. The van der Waals surface area contributed by atoms with E-state index in [0.29, 0.717) is 36.8 Å². The number of carbonyl (C=O) groups excluding carboxylic acids is 1. The molecule has 32 heavy (non-hydrogen) atoms. The van der Waals surface area contributed by atoms with Crippen LogP contribution in [0.1, 0.15) is 16.1 Å². The molecule has 0 spiro atoms. The predicted octanol–water partition coefficient (Wildman–Crippen LogP) is 3.79. The topological polar surface area (TPSA) is 46.9 Å². The number of piperazine rings is 1. The number of benzene rings is 2. The molecule has 0 N–H and O–H groups in total. The van der Waals surface area contributed by atoms with Gasteiger partial charge in [-0.2, -0.15) is 0 Å². The minimum Gasteiger partial charge on any atom is -0.493 e. The molecule has 1 aromatic heterocycles. The van der Waals surface area contributed by atoms with Crippen molar-refractivity contribution < 1.29 is 23.0 Å². The van der Waals surface area contributed by atoms with E-state index in [1.54, 1.807) is 6.07 Å². The molecule has 3 aromatic rings. The number of halogens is 2. The van der Waals surface area contributed by atoms with Gasteiger partial charge in [-0.1, -0.05) is 24.3 Å². The van der Waals surface area contributed by atoms with Crippen LogP contribution in [0, 0.1) is 0 Å². The lowest BCUT2D eigenvalue weighted by atomic mass is 10.1. The standard InChI is InChI=1S/C24H27F2N3O3/c1-27-19-6-4-3-5-18(19)14-20(27)24(30)29-11-9-28(10-12-29)15-17-7-8-21(22(13-17)31-2)32-16-23(25)26/h3-8,13-14,23H,9-12,15-16H2,1-2H3. The minimum atomic E-state index is -2.53. The number of hydrogen-bond acceptors (Lipinski definition) is 4. The van der Waals surface area contributed by atoms with Crippen molar-refractivity contribution in [2.75, 3.05) is 39.9 Å².